The Morgan fingerprint density at radius 3 is 2.67 bits per heavy atom. The van der Waals surface area contributed by atoms with Gasteiger partial charge in [-0.1, -0.05) is 18.2 Å². The van der Waals surface area contributed by atoms with Crippen LogP contribution in [0.15, 0.2) is 29.3 Å². The number of benzene rings is 1. The van der Waals surface area contributed by atoms with Crippen molar-refractivity contribution >= 4 is 11.4 Å². The maximum atomic E-state index is 6.10. The molecule has 2 heteroatoms. The Morgan fingerprint density at radius 1 is 1.33 bits per heavy atom. The molecule has 0 spiro atoms. The molecule has 0 amide bonds. The molecule has 1 aliphatic rings. The average Bonchev–Trinajstić information content (AvgIpc) is 2.25. The molecular weight excluding hydrogens is 148 g/mol. The molecule has 1 aromatic carbocycles. The van der Waals surface area contributed by atoms with E-state index in [1.54, 1.807) is 0 Å². The number of aliphatic imine (C=N–C) groups is 1. The second-order valence-electron chi connectivity index (χ2n) is 3.42. The summed E-state index contributed by atoms with van der Waals surface area (Å²) in [7, 11) is 0. The highest BCUT2D eigenvalue weighted by atomic mass is 14.9. The van der Waals surface area contributed by atoms with Crippen molar-refractivity contribution in [3.05, 3.63) is 29.8 Å². The molecule has 2 N–H and O–H groups in total. The zero-order valence-electron chi connectivity index (χ0n) is 7.33. The van der Waals surface area contributed by atoms with Crippen LogP contribution in [-0.2, 0) is 5.54 Å². The molecule has 1 heterocycles. The van der Waals surface area contributed by atoms with Crippen LogP contribution >= 0.6 is 0 Å². The topological polar surface area (TPSA) is 38.4 Å². The van der Waals surface area contributed by atoms with Gasteiger partial charge >= 0.3 is 0 Å². The molecule has 0 aromatic heterocycles. The summed E-state index contributed by atoms with van der Waals surface area (Å²) in [4.78, 5) is 4.40. The van der Waals surface area contributed by atoms with Crippen LogP contribution < -0.4 is 5.73 Å². The molecule has 62 valence electrons. The van der Waals surface area contributed by atoms with Gasteiger partial charge in [0, 0.05) is 11.3 Å². The van der Waals surface area contributed by atoms with Crippen LogP contribution in [0.4, 0.5) is 5.69 Å². The number of hydrogen-bond acceptors (Lipinski definition) is 2. The summed E-state index contributed by atoms with van der Waals surface area (Å²) in [6.45, 7) is 3.97. The van der Waals surface area contributed by atoms with E-state index >= 15 is 0 Å². The fraction of sp³-hybridized carbons (Fsp3) is 0.300. The molecule has 1 aromatic rings. The molecule has 0 saturated heterocycles. The van der Waals surface area contributed by atoms with Gasteiger partial charge in [0.15, 0.2) is 0 Å². The lowest BCUT2D eigenvalue weighted by Gasteiger charge is -2.19. The average molecular weight is 160 g/mol. The van der Waals surface area contributed by atoms with Crippen LogP contribution in [0.3, 0.4) is 0 Å². The molecule has 2 rings (SSSR count). The van der Waals surface area contributed by atoms with E-state index in [1.165, 1.54) is 0 Å². The van der Waals surface area contributed by atoms with E-state index in [0.29, 0.717) is 0 Å². The summed E-state index contributed by atoms with van der Waals surface area (Å²) in [6, 6.07) is 8.02. The number of para-hydroxylation sites is 1. The van der Waals surface area contributed by atoms with Gasteiger partial charge in [-0.05, 0) is 19.9 Å². The molecular formula is C10H12N2. The number of fused-ring (bicyclic) bond motifs is 1. The Kier molecular flexibility index (Phi) is 1.36. The fourth-order valence-corrected chi connectivity index (χ4v) is 1.50. The molecule has 2 nitrogen and oxygen atoms in total. The summed E-state index contributed by atoms with van der Waals surface area (Å²) in [6.07, 6.45) is 0. The molecule has 1 aliphatic heterocycles. The van der Waals surface area contributed by atoms with Gasteiger partial charge in [-0.25, -0.2) is 0 Å². The van der Waals surface area contributed by atoms with E-state index in [0.717, 1.165) is 17.0 Å². The predicted octanol–water partition coefficient (Wildman–Crippen LogP) is 1.97. The van der Waals surface area contributed by atoms with Gasteiger partial charge in [0.25, 0.3) is 0 Å². The molecule has 1 atom stereocenters. The molecule has 0 aliphatic carbocycles. The largest absolute Gasteiger partial charge is 0.317 e. The lowest BCUT2D eigenvalue weighted by molar-refractivity contribution is 0.690. The van der Waals surface area contributed by atoms with Gasteiger partial charge in [-0.3, -0.25) is 4.99 Å². The number of hydrogen-bond donors (Lipinski definition) is 1. The molecule has 0 bridgehead atoms. The quantitative estimate of drug-likeness (QED) is 0.619. The number of nitrogens with zero attached hydrogens (tertiary/aromatic N) is 1. The summed E-state index contributed by atoms with van der Waals surface area (Å²) in [5, 5.41) is 0. The molecule has 1 unspecified atom stereocenters. The first kappa shape index (κ1) is 7.50. The van der Waals surface area contributed by atoms with Crippen LogP contribution in [0.5, 0.6) is 0 Å². The van der Waals surface area contributed by atoms with Crippen LogP contribution in [-0.4, -0.2) is 5.71 Å². The summed E-state index contributed by atoms with van der Waals surface area (Å²) < 4.78 is 0. The van der Waals surface area contributed by atoms with E-state index in [1.807, 2.05) is 38.1 Å². The highest BCUT2D eigenvalue weighted by Crippen LogP contribution is 2.35. The summed E-state index contributed by atoms with van der Waals surface area (Å²) >= 11 is 0. The van der Waals surface area contributed by atoms with Crippen LogP contribution in [0.2, 0.25) is 0 Å². The molecule has 0 saturated carbocycles. The van der Waals surface area contributed by atoms with E-state index in [-0.39, 0.29) is 5.54 Å². The van der Waals surface area contributed by atoms with Crippen molar-refractivity contribution in [3.8, 4) is 0 Å². The van der Waals surface area contributed by atoms with E-state index in [2.05, 4.69) is 4.99 Å². The Bertz CT molecular complexity index is 351. The second kappa shape index (κ2) is 2.17. The third-order valence-corrected chi connectivity index (χ3v) is 2.50. The Balaban J connectivity index is 2.66. The SMILES string of the molecule is CC1=Nc2ccccc2C1(C)N. The zero-order chi connectivity index (χ0) is 8.77. The molecule has 0 fully saturated rings. The first-order valence-corrected chi connectivity index (χ1v) is 4.06. The minimum absolute atomic E-state index is 0.364. The maximum Gasteiger partial charge on any atom is 0.0789 e. The van der Waals surface area contributed by atoms with Gasteiger partial charge in [-0.2, -0.15) is 0 Å². The highest BCUT2D eigenvalue weighted by Gasteiger charge is 2.31. The first-order valence-electron chi connectivity index (χ1n) is 4.06. The summed E-state index contributed by atoms with van der Waals surface area (Å²) in [5.41, 5.74) is 8.87. The van der Waals surface area contributed by atoms with Gasteiger partial charge in [0.1, 0.15) is 0 Å². The van der Waals surface area contributed by atoms with Crippen molar-refractivity contribution in [2.45, 2.75) is 19.4 Å². The van der Waals surface area contributed by atoms with Crippen molar-refractivity contribution in [1.82, 2.24) is 0 Å². The predicted molar refractivity (Wildman–Crippen MR) is 50.8 cm³/mol. The maximum absolute atomic E-state index is 6.10. The minimum atomic E-state index is -0.364. The third kappa shape index (κ3) is 0.816. The molecule has 12 heavy (non-hydrogen) atoms. The Labute approximate surface area is 72.1 Å². The highest BCUT2D eigenvalue weighted by molar-refractivity contribution is 5.99. The van der Waals surface area contributed by atoms with Crippen molar-refractivity contribution in [1.29, 1.82) is 0 Å². The van der Waals surface area contributed by atoms with Crippen LogP contribution in [0, 0.1) is 0 Å². The monoisotopic (exact) mass is 160 g/mol. The molecule has 0 radical (unpaired) electrons. The smallest absolute Gasteiger partial charge is 0.0789 e. The van der Waals surface area contributed by atoms with E-state index in [9.17, 15) is 0 Å². The van der Waals surface area contributed by atoms with Gasteiger partial charge in [0.05, 0.1) is 11.2 Å². The first-order chi connectivity index (χ1) is 5.62. The lowest BCUT2D eigenvalue weighted by Crippen LogP contribution is -2.37. The van der Waals surface area contributed by atoms with Crippen molar-refractivity contribution in [2.24, 2.45) is 10.7 Å². The summed E-state index contributed by atoms with van der Waals surface area (Å²) in [5.74, 6) is 0. The number of rotatable bonds is 0. The van der Waals surface area contributed by atoms with Crippen molar-refractivity contribution in [2.75, 3.05) is 0 Å². The van der Waals surface area contributed by atoms with E-state index in [4.69, 9.17) is 5.73 Å². The van der Waals surface area contributed by atoms with Crippen molar-refractivity contribution < 1.29 is 0 Å². The van der Waals surface area contributed by atoms with Gasteiger partial charge < -0.3 is 5.73 Å². The van der Waals surface area contributed by atoms with Crippen LogP contribution in [0.25, 0.3) is 0 Å². The van der Waals surface area contributed by atoms with Gasteiger partial charge in [-0.15, -0.1) is 0 Å². The van der Waals surface area contributed by atoms with Crippen LogP contribution in [0.1, 0.15) is 19.4 Å². The zero-order valence-corrected chi connectivity index (χ0v) is 7.33. The van der Waals surface area contributed by atoms with Gasteiger partial charge in [0.2, 0.25) is 0 Å². The Hall–Kier alpha value is -1.15. The lowest BCUT2D eigenvalue weighted by atomic mass is 9.91. The fourth-order valence-electron chi connectivity index (χ4n) is 1.50. The van der Waals surface area contributed by atoms with E-state index < -0.39 is 0 Å². The van der Waals surface area contributed by atoms with Crippen molar-refractivity contribution in [3.63, 3.8) is 0 Å². The second-order valence-corrected chi connectivity index (χ2v) is 3.42. The number of nitrogens with two attached hydrogens (primary N) is 1. The Morgan fingerprint density at radius 2 is 2.00 bits per heavy atom. The standard InChI is InChI=1S/C10H12N2/c1-7-10(2,11)8-5-3-4-6-9(8)12-7/h3-6H,11H2,1-2H3. The third-order valence-electron chi connectivity index (χ3n) is 2.50. The minimum Gasteiger partial charge on any atom is -0.317 e. The normalized spacial score (nSPS) is 26.8.